The van der Waals surface area contributed by atoms with Gasteiger partial charge in [0.05, 0.1) is 6.61 Å². The molecule has 2 heterocycles. The monoisotopic (exact) mass is 373 g/mol. The lowest BCUT2D eigenvalue weighted by molar-refractivity contribution is 0.0694. The minimum Gasteiger partial charge on any atom is -0.494 e. The smallest absolute Gasteiger partial charge is 0.339 e. The molecule has 0 bridgehead atoms. The summed E-state index contributed by atoms with van der Waals surface area (Å²) in [6, 6.07) is 5.09. The van der Waals surface area contributed by atoms with Gasteiger partial charge in [0.15, 0.2) is 5.76 Å². The summed E-state index contributed by atoms with van der Waals surface area (Å²) >= 11 is 0. The Morgan fingerprint density at radius 1 is 1.30 bits per heavy atom. The fraction of sp³-hybridized carbons (Fsp3) is 0.400. The molecule has 1 unspecified atom stereocenters. The van der Waals surface area contributed by atoms with Crippen molar-refractivity contribution >= 4 is 11.9 Å². The zero-order valence-electron chi connectivity index (χ0n) is 15.6. The van der Waals surface area contributed by atoms with E-state index >= 15 is 0 Å². The van der Waals surface area contributed by atoms with Crippen LogP contribution in [0.4, 0.5) is 0 Å². The lowest BCUT2D eigenvalue weighted by atomic mass is 10.1. The van der Waals surface area contributed by atoms with Crippen molar-refractivity contribution in [1.29, 1.82) is 0 Å². The molecular formula is C20H23NO6. The second-order valence-corrected chi connectivity index (χ2v) is 6.42. The highest BCUT2D eigenvalue weighted by Gasteiger charge is 2.23. The zero-order valence-corrected chi connectivity index (χ0v) is 15.6. The van der Waals surface area contributed by atoms with E-state index in [1.165, 1.54) is 6.07 Å². The Labute approximate surface area is 157 Å². The van der Waals surface area contributed by atoms with Gasteiger partial charge >= 0.3 is 5.97 Å². The largest absolute Gasteiger partial charge is 0.494 e. The third-order valence-corrected chi connectivity index (χ3v) is 4.40. The van der Waals surface area contributed by atoms with Crippen LogP contribution in [0.1, 0.15) is 58.6 Å². The van der Waals surface area contributed by atoms with Crippen LogP contribution in [0.15, 0.2) is 22.6 Å². The third-order valence-electron chi connectivity index (χ3n) is 4.40. The molecule has 7 heteroatoms. The molecule has 0 aliphatic carbocycles. The van der Waals surface area contributed by atoms with E-state index in [1.807, 2.05) is 26.0 Å². The molecule has 1 aromatic carbocycles. The average Bonchev–Trinajstić information content (AvgIpc) is 3.22. The van der Waals surface area contributed by atoms with Crippen molar-refractivity contribution < 1.29 is 28.6 Å². The van der Waals surface area contributed by atoms with Crippen molar-refractivity contribution in [1.82, 2.24) is 5.32 Å². The predicted molar refractivity (Wildman–Crippen MR) is 97.6 cm³/mol. The first-order valence-electron chi connectivity index (χ1n) is 9.02. The van der Waals surface area contributed by atoms with Gasteiger partial charge in [-0.1, -0.05) is 6.92 Å². The van der Waals surface area contributed by atoms with Crippen LogP contribution in [0.25, 0.3) is 0 Å². The Morgan fingerprint density at radius 3 is 2.70 bits per heavy atom. The number of carbonyl (C=O) groups is 2. The number of nitrogens with one attached hydrogen (secondary N) is 1. The molecule has 1 aliphatic heterocycles. The van der Waals surface area contributed by atoms with Gasteiger partial charge in [-0.3, -0.25) is 4.79 Å². The van der Waals surface area contributed by atoms with Crippen LogP contribution in [0.2, 0.25) is 0 Å². The predicted octanol–water partition coefficient (Wildman–Crippen LogP) is 3.19. The first-order chi connectivity index (χ1) is 12.9. The standard InChI is InChI=1S/C20H23NO6/c1-4-15-14(20(23)24)9-18(27-15)19(22)21-10-13-8-17-12(6-11(3)26-17)7-16(13)25-5-2/h7-9,11H,4-6,10H2,1-3H3,(H,21,22)(H,23,24). The van der Waals surface area contributed by atoms with Crippen molar-refractivity contribution in [2.24, 2.45) is 0 Å². The lowest BCUT2D eigenvalue weighted by Gasteiger charge is -2.13. The maximum absolute atomic E-state index is 12.4. The van der Waals surface area contributed by atoms with E-state index in [2.05, 4.69) is 5.32 Å². The van der Waals surface area contributed by atoms with Crippen molar-refractivity contribution in [3.05, 3.63) is 46.4 Å². The summed E-state index contributed by atoms with van der Waals surface area (Å²) in [4.78, 5) is 23.6. The van der Waals surface area contributed by atoms with E-state index in [9.17, 15) is 14.7 Å². The molecule has 0 saturated heterocycles. The summed E-state index contributed by atoms with van der Waals surface area (Å²) in [7, 11) is 0. The molecule has 2 aromatic rings. The molecule has 0 fully saturated rings. The SMILES string of the molecule is CCOc1cc2c(cc1CNC(=O)c1cc(C(=O)O)c(CC)o1)OC(C)C2. The number of rotatable bonds is 7. The second kappa shape index (κ2) is 7.73. The highest BCUT2D eigenvalue weighted by Crippen LogP contribution is 2.35. The number of carboxylic acid groups (broad SMARTS) is 1. The highest BCUT2D eigenvalue weighted by atomic mass is 16.5. The third kappa shape index (κ3) is 3.92. The Balaban J connectivity index is 1.77. The van der Waals surface area contributed by atoms with Gasteiger partial charge in [-0.15, -0.1) is 0 Å². The van der Waals surface area contributed by atoms with Crippen LogP contribution in [0.5, 0.6) is 11.5 Å². The molecule has 0 saturated carbocycles. The van der Waals surface area contributed by atoms with Gasteiger partial charge in [0.25, 0.3) is 5.91 Å². The Kier molecular flexibility index (Phi) is 5.39. The van der Waals surface area contributed by atoms with Crippen LogP contribution in [0, 0.1) is 0 Å². The Bertz CT molecular complexity index is 870. The number of furan rings is 1. The van der Waals surface area contributed by atoms with Gasteiger partial charge in [0, 0.05) is 36.6 Å². The molecule has 3 rings (SSSR count). The van der Waals surface area contributed by atoms with E-state index in [4.69, 9.17) is 13.9 Å². The van der Waals surface area contributed by atoms with Gasteiger partial charge in [0.1, 0.15) is 28.9 Å². The van der Waals surface area contributed by atoms with Gasteiger partial charge < -0.3 is 24.3 Å². The number of benzene rings is 1. The Morgan fingerprint density at radius 2 is 2.07 bits per heavy atom. The molecular weight excluding hydrogens is 350 g/mol. The number of aromatic carboxylic acids is 1. The van der Waals surface area contributed by atoms with E-state index in [1.54, 1.807) is 6.92 Å². The lowest BCUT2D eigenvalue weighted by Crippen LogP contribution is -2.22. The topological polar surface area (TPSA) is 98.0 Å². The van der Waals surface area contributed by atoms with E-state index < -0.39 is 11.9 Å². The maximum Gasteiger partial charge on any atom is 0.339 e. The number of carbonyl (C=O) groups excluding carboxylic acids is 1. The van der Waals surface area contributed by atoms with Gasteiger partial charge in [0.2, 0.25) is 0 Å². The van der Waals surface area contributed by atoms with Crippen molar-refractivity contribution in [3.63, 3.8) is 0 Å². The minimum atomic E-state index is -1.11. The molecule has 0 spiro atoms. The molecule has 1 amide bonds. The molecule has 1 aromatic heterocycles. The molecule has 27 heavy (non-hydrogen) atoms. The molecule has 1 aliphatic rings. The van der Waals surface area contributed by atoms with Crippen LogP contribution in [0.3, 0.4) is 0 Å². The molecule has 2 N–H and O–H groups in total. The highest BCUT2D eigenvalue weighted by molar-refractivity contribution is 5.96. The van der Waals surface area contributed by atoms with Gasteiger partial charge in [-0.25, -0.2) is 4.79 Å². The van der Waals surface area contributed by atoms with Gasteiger partial charge in [-0.05, 0) is 26.0 Å². The summed E-state index contributed by atoms with van der Waals surface area (Å²) in [5, 5.41) is 11.9. The van der Waals surface area contributed by atoms with Crippen molar-refractivity contribution in [3.8, 4) is 11.5 Å². The van der Waals surface area contributed by atoms with Crippen molar-refractivity contribution in [2.75, 3.05) is 6.61 Å². The maximum atomic E-state index is 12.4. The van der Waals surface area contributed by atoms with Crippen LogP contribution < -0.4 is 14.8 Å². The summed E-state index contributed by atoms with van der Waals surface area (Å²) in [5.74, 6) is 0.173. The normalized spacial score (nSPS) is 15.1. The first-order valence-corrected chi connectivity index (χ1v) is 9.02. The number of ether oxygens (including phenoxy) is 2. The van der Waals surface area contributed by atoms with E-state index in [-0.39, 0.29) is 29.7 Å². The summed E-state index contributed by atoms with van der Waals surface area (Å²) < 4.78 is 16.9. The number of amides is 1. The number of fused-ring (bicyclic) bond motifs is 1. The van der Waals surface area contributed by atoms with Crippen LogP contribution in [-0.2, 0) is 19.4 Å². The molecule has 7 nitrogen and oxygen atoms in total. The molecule has 0 radical (unpaired) electrons. The zero-order chi connectivity index (χ0) is 19.6. The molecule has 1 atom stereocenters. The minimum absolute atomic E-state index is 0.0116. The quantitative estimate of drug-likeness (QED) is 0.773. The summed E-state index contributed by atoms with van der Waals surface area (Å²) in [5.41, 5.74) is 1.89. The van der Waals surface area contributed by atoms with Crippen LogP contribution in [-0.4, -0.2) is 29.7 Å². The average molecular weight is 373 g/mol. The molecule has 144 valence electrons. The van der Waals surface area contributed by atoms with E-state index in [0.717, 1.165) is 23.3 Å². The second-order valence-electron chi connectivity index (χ2n) is 6.42. The fourth-order valence-corrected chi connectivity index (χ4v) is 3.16. The van der Waals surface area contributed by atoms with Crippen molar-refractivity contribution in [2.45, 2.75) is 46.3 Å². The summed E-state index contributed by atoms with van der Waals surface area (Å²) in [6.45, 7) is 6.40. The van der Waals surface area contributed by atoms with Crippen LogP contribution >= 0.6 is 0 Å². The fourth-order valence-electron chi connectivity index (χ4n) is 3.16. The number of aryl methyl sites for hydroxylation is 1. The number of hydrogen-bond donors (Lipinski definition) is 2. The number of hydrogen-bond acceptors (Lipinski definition) is 5. The van der Waals surface area contributed by atoms with Gasteiger partial charge in [-0.2, -0.15) is 0 Å². The summed E-state index contributed by atoms with van der Waals surface area (Å²) in [6.07, 6.45) is 1.33. The first kappa shape index (κ1) is 18.8. The number of carboxylic acids is 1. The Hall–Kier alpha value is -2.96. The van der Waals surface area contributed by atoms with E-state index in [0.29, 0.717) is 18.8 Å².